The van der Waals surface area contributed by atoms with Crippen molar-refractivity contribution in [3.05, 3.63) is 47.9 Å². The van der Waals surface area contributed by atoms with Crippen LogP contribution in [-0.2, 0) is 11.3 Å². The van der Waals surface area contributed by atoms with Gasteiger partial charge in [-0.3, -0.25) is 9.59 Å². The standard InChI is InChI=1S/C17H20N2O5/c1-19(2)17(21)15-8-7-14(24-15)10-18-16(20)11-23-13-6-4-5-12(9-13)22-3/h4-9H,10-11H2,1-3H3,(H,18,20). The summed E-state index contributed by atoms with van der Waals surface area (Å²) in [6, 6.07) is 10.2. The summed E-state index contributed by atoms with van der Waals surface area (Å²) >= 11 is 0. The summed E-state index contributed by atoms with van der Waals surface area (Å²) in [6.07, 6.45) is 0. The van der Waals surface area contributed by atoms with Crippen LogP contribution in [0.1, 0.15) is 16.3 Å². The molecule has 2 rings (SSSR count). The molecule has 1 aromatic carbocycles. The lowest BCUT2D eigenvalue weighted by atomic mass is 10.3. The lowest BCUT2D eigenvalue weighted by molar-refractivity contribution is -0.123. The number of hydrogen-bond donors (Lipinski definition) is 1. The van der Waals surface area contributed by atoms with Gasteiger partial charge in [-0.1, -0.05) is 6.07 Å². The predicted octanol–water partition coefficient (Wildman–Crippen LogP) is 1.69. The van der Waals surface area contributed by atoms with E-state index in [9.17, 15) is 9.59 Å². The molecule has 0 fully saturated rings. The maximum Gasteiger partial charge on any atom is 0.289 e. The van der Waals surface area contributed by atoms with Crippen LogP contribution in [-0.4, -0.2) is 44.5 Å². The number of nitrogens with one attached hydrogen (secondary N) is 1. The minimum Gasteiger partial charge on any atom is -0.497 e. The molecule has 0 saturated heterocycles. The zero-order valence-electron chi connectivity index (χ0n) is 13.9. The fourth-order valence-electron chi connectivity index (χ4n) is 1.88. The molecular weight excluding hydrogens is 312 g/mol. The Bertz CT molecular complexity index is 709. The van der Waals surface area contributed by atoms with Crippen LogP contribution in [0.2, 0.25) is 0 Å². The van der Waals surface area contributed by atoms with Crippen molar-refractivity contribution in [3.8, 4) is 11.5 Å². The van der Waals surface area contributed by atoms with Crippen LogP contribution in [0.4, 0.5) is 0 Å². The van der Waals surface area contributed by atoms with Gasteiger partial charge < -0.3 is 24.1 Å². The second-order valence-electron chi connectivity index (χ2n) is 5.21. The zero-order chi connectivity index (χ0) is 17.5. The number of furan rings is 1. The van der Waals surface area contributed by atoms with Crippen LogP contribution in [0.25, 0.3) is 0 Å². The Hall–Kier alpha value is -2.96. The van der Waals surface area contributed by atoms with Crippen LogP contribution < -0.4 is 14.8 Å². The first kappa shape index (κ1) is 17.4. The molecule has 7 nitrogen and oxygen atoms in total. The third-order valence-electron chi connectivity index (χ3n) is 3.15. The van der Waals surface area contributed by atoms with E-state index in [2.05, 4.69) is 5.32 Å². The van der Waals surface area contributed by atoms with Crippen molar-refractivity contribution in [2.75, 3.05) is 27.8 Å². The van der Waals surface area contributed by atoms with Gasteiger partial charge in [0.2, 0.25) is 0 Å². The van der Waals surface area contributed by atoms with E-state index in [1.807, 2.05) is 0 Å². The highest BCUT2D eigenvalue weighted by molar-refractivity contribution is 5.91. The van der Waals surface area contributed by atoms with Crippen LogP contribution in [0.5, 0.6) is 11.5 Å². The highest BCUT2D eigenvalue weighted by atomic mass is 16.5. The molecule has 0 bridgehead atoms. The molecular formula is C17H20N2O5. The molecule has 0 atom stereocenters. The summed E-state index contributed by atoms with van der Waals surface area (Å²) in [5, 5.41) is 2.67. The number of carbonyl (C=O) groups excluding carboxylic acids is 2. The van der Waals surface area contributed by atoms with Crippen LogP contribution in [0.3, 0.4) is 0 Å². The minimum absolute atomic E-state index is 0.128. The molecule has 0 unspecified atom stereocenters. The largest absolute Gasteiger partial charge is 0.497 e. The number of rotatable bonds is 7. The summed E-state index contributed by atoms with van der Waals surface area (Å²) in [5.41, 5.74) is 0. The van der Waals surface area contributed by atoms with E-state index in [1.165, 1.54) is 4.90 Å². The number of ether oxygens (including phenoxy) is 2. The number of methoxy groups -OCH3 is 1. The normalized spacial score (nSPS) is 10.1. The molecule has 0 aliphatic carbocycles. The molecule has 0 saturated carbocycles. The Morgan fingerprint density at radius 3 is 2.62 bits per heavy atom. The van der Waals surface area contributed by atoms with E-state index in [-0.39, 0.29) is 30.7 Å². The van der Waals surface area contributed by atoms with E-state index in [1.54, 1.807) is 57.6 Å². The summed E-state index contributed by atoms with van der Waals surface area (Å²) in [5.74, 6) is 1.40. The van der Waals surface area contributed by atoms with Crippen molar-refractivity contribution in [2.45, 2.75) is 6.54 Å². The van der Waals surface area contributed by atoms with Gasteiger partial charge in [-0.2, -0.15) is 0 Å². The lowest BCUT2D eigenvalue weighted by Crippen LogP contribution is -2.28. The van der Waals surface area contributed by atoms with Crippen molar-refractivity contribution < 1.29 is 23.5 Å². The average Bonchev–Trinajstić information content (AvgIpc) is 3.06. The smallest absolute Gasteiger partial charge is 0.289 e. The number of hydrogen-bond acceptors (Lipinski definition) is 5. The highest BCUT2D eigenvalue weighted by Gasteiger charge is 2.13. The maximum absolute atomic E-state index is 11.8. The van der Waals surface area contributed by atoms with Gasteiger partial charge in [0.1, 0.15) is 17.3 Å². The third-order valence-corrected chi connectivity index (χ3v) is 3.15. The Morgan fingerprint density at radius 1 is 1.17 bits per heavy atom. The van der Waals surface area contributed by atoms with Gasteiger partial charge in [0.15, 0.2) is 12.4 Å². The van der Waals surface area contributed by atoms with Gasteiger partial charge in [0.25, 0.3) is 11.8 Å². The molecule has 1 aromatic heterocycles. The Balaban J connectivity index is 1.80. The molecule has 0 aliphatic heterocycles. The molecule has 0 radical (unpaired) electrons. The molecule has 1 heterocycles. The first-order valence-corrected chi connectivity index (χ1v) is 7.33. The quantitative estimate of drug-likeness (QED) is 0.834. The summed E-state index contributed by atoms with van der Waals surface area (Å²) < 4.78 is 15.9. The molecule has 1 N–H and O–H groups in total. The van der Waals surface area contributed by atoms with E-state index >= 15 is 0 Å². The summed E-state index contributed by atoms with van der Waals surface area (Å²) in [4.78, 5) is 25.0. The molecule has 2 aromatic rings. The number of nitrogens with zero attached hydrogens (tertiary/aromatic N) is 1. The first-order chi connectivity index (χ1) is 11.5. The van der Waals surface area contributed by atoms with Crippen molar-refractivity contribution in [3.63, 3.8) is 0 Å². The van der Waals surface area contributed by atoms with Crippen LogP contribution in [0, 0.1) is 0 Å². The zero-order valence-corrected chi connectivity index (χ0v) is 13.9. The van der Waals surface area contributed by atoms with Crippen LogP contribution >= 0.6 is 0 Å². The van der Waals surface area contributed by atoms with E-state index in [0.29, 0.717) is 17.3 Å². The average molecular weight is 332 g/mol. The van der Waals surface area contributed by atoms with Gasteiger partial charge in [0.05, 0.1) is 13.7 Å². The molecule has 2 amide bonds. The van der Waals surface area contributed by atoms with Gasteiger partial charge in [-0.05, 0) is 24.3 Å². The number of benzene rings is 1. The Labute approximate surface area is 140 Å². The monoisotopic (exact) mass is 332 g/mol. The topological polar surface area (TPSA) is 81.0 Å². The fourth-order valence-corrected chi connectivity index (χ4v) is 1.88. The van der Waals surface area contributed by atoms with Crippen molar-refractivity contribution in [1.82, 2.24) is 10.2 Å². The molecule has 0 aliphatic rings. The third kappa shape index (κ3) is 4.77. The maximum atomic E-state index is 11.8. The predicted molar refractivity (Wildman–Crippen MR) is 87.1 cm³/mol. The Kier molecular flexibility index (Phi) is 5.83. The van der Waals surface area contributed by atoms with Crippen molar-refractivity contribution in [1.29, 1.82) is 0 Å². The van der Waals surface area contributed by atoms with Crippen molar-refractivity contribution in [2.24, 2.45) is 0 Å². The van der Waals surface area contributed by atoms with Crippen molar-refractivity contribution >= 4 is 11.8 Å². The van der Waals surface area contributed by atoms with Crippen LogP contribution in [0.15, 0.2) is 40.8 Å². The van der Waals surface area contributed by atoms with Gasteiger partial charge in [-0.15, -0.1) is 0 Å². The van der Waals surface area contributed by atoms with E-state index in [4.69, 9.17) is 13.9 Å². The van der Waals surface area contributed by atoms with Gasteiger partial charge in [0, 0.05) is 20.2 Å². The highest BCUT2D eigenvalue weighted by Crippen LogP contribution is 2.18. The second kappa shape index (κ2) is 8.05. The minimum atomic E-state index is -0.297. The van der Waals surface area contributed by atoms with E-state index < -0.39 is 0 Å². The fraction of sp³-hybridized carbons (Fsp3) is 0.294. The molecule has 7 heteroatoms. The lowest BCUT2D eigenvalue weighted by Gasteiger charge is -2.08. The molecule has 128 valence electrons. The second-order valence-corrected chi connectivity index (χ2v) is 5.21. The molecule has 24 heavy (non-hydrogen) atoms. The van der Waals surface area contributed by atoms with Gasteiger partial charge >= 0.3 is 0 Å². The SMILES string of the molecule is COc1cccc(OCC(=O)NCc2ccc(C(=O)N(C)C)o2)c1. The van der Waals surface area contributed by atoms with Gasteiger partial charge in [-0.25, -0.2) is 0 Å². The first-order valence-electron chi connectivity index (χ1n) is 7.33. The van der Waals surface area contributed by atoms with E-state index in [0.717, 1.165) is 0 Å². The molecule has 0 spiro atoms. The summed E-state index contributed by atoms with van der Waals surface area (Å²) in [7, 11) is 4.84. The number of amides is 2. The summed E-state index contributed by atoms with van der Waals surface area (Å²) in [6.45, 7) is 0.0539. The number of carbonyl (C=O) groups is 2. The Morgan fingerprint density at radius 2 is 1.92 bits per heavy atom.